The molecule has 0 aliphatic carbocycles. The smallest absolute Gasteiger partial charge is 0.339 e. The number of carboxylic acid groups (broad SMARTS) is 1. The first-order chi connectivity index (χ1) is 7.06. The number of hydrogen-bond donors (Lipinski definition) is 1. The molecule has 0 bridgehead atoms. The number of benzene rings is 1. The van der Waals surface area contributed by atoms with Crippen molar-refractivity contribution in [3.63, 3.8) is 0 Å². The summed E-state index contributed by atoms with van der Waals surface area (Å²) in [5.41, 5.74) is 0.842. The van der Waals surface area contributed by atoms with E-state index in [1.807, 2.05) is 0 Å². The minimum atomic E-state index is -1.04. The van der Waals surface area contributed by atoms with Gasteiger partial charge in [0, 0.05) is 4.47 Å². The van der Waals surface area contributed by atoms with Gasteiger partial charge in [-0.15, -0.1) is 6.42 Å². The number of aromatic carboxylic acids is 1. The zero-order chi connectivity index (χ0) is 11.4. The number of carboxylic acids is 1. The summed E-state index contributed by atoms with van der Waals surface area (Å²) < 4.78 is 5.90. The van der Waals surface area contributed by atoms with Crippen LogP contribution in [-0.4, -0.2) is 17.7 Å². The maximum Gasteiger partial charge on any atom is 0.339 e. The van der Waals surface area contributed by atoms with E-state index in [9.17, 15) is 4.79 Å². The van der Waals surface area contributed by atoms with Gasteiger partial charge in [0.1, 0.15) is 17.9 Å². The highest BCUT2D eigenvalue weighted by atomic mass is 79.9. The lowest BCUT2D eigenvalue weighted by atomic mass is 10.1. The number of ether oxygens (including phenoxy) is 1. The van der Waals surface area contributed by atoms with Gasteiger partial charge in [0.15, 0.2) is 0 Å². The summed E-state index contributed by atoms with van der Waals surface area (Å²) >= 11 is 3.22. The SMILES string of the molecule is C#CCOc1c(C)cc(Br)cc1C(=O)O. The molecule has 1 N–H and O–H groups in total. The number of rotatable bonds is 3. The molecular formula is C11H9BrO3. The molecule has 1 aromatic rings. The van der Waals surface area contributed by atoms with Crippen molar-refractivity contribution >= 4 is 21.9 Å². The van der Waals surface area contributed by atoms with Gasteiger partial charge in [-0.2, -0.15) is 0 Å². The standard InChI is InChI=1S/C11H9BrO3/c1-3-4-15-10-7(2)5-8(12)6-9(10)11(13)14/h1,5-6H,4H2,2H3,(H,13,14). The van der Waals surface area contributed by atoms with E-state index in [2.05, 4.69) is 21.9 Å². The molecule has 0 amide bonds. The lowest BCUT2D eigenvalue weighted by molar-refractivity contribution is 0.0692. The van der Waals surface area contributed by atoms with Crippen LogP contribution in [0.2, 0.25) is 0 Å². The fourth-order valence-corrected chi connectivity index (χ4v) is 1.77. The Kier molecular flexibility index (Phi) is 3.75. The normalized spacial score (nSPS) is 9.40. The second-order valence-corrected chi connectivity index (χ2v) is 3.81. The van der Waals surface area contributed by atoms with Crippen molar-refractivity contribution in [1.82, 2.24) is 0 Å². The summed E-state index contributed by atoms with van der Waals surface area (Å²) in [5, 5.41) is 8.96. The first-order valence-corrected chi connectivity index (χ1v) is 4.95. The minimum absolute atomic E-state index is 0.0583. The van der Waals surface area contributed by atoms with Crippen LogP contribution in [0.5, 0.6) is 5.75 Å². The van der Waals surface area contributed by atoms with Gasteiger partial charge in [-0.3, -0.25) is 0 Å². The average molecular weight is 269 g/mol. The first-order valence-electron chi connectivity index (χ1n) is 4.16. The Labute approximate surface area is 96.2 Å². The molecule has 0 aliphatic heterocycles. The molecule has 15 heavy (non-hydrogen) atoms. The predicted octanol–water partition coefficient (Wildman–Crippen LogP) is 2.47. The Balaban J connectivity index is 3.22. The highest BCUT2D eigenvalue weighted by molar-refractivity contribution is 9.10. The molecule has 0 saturated heterocycles. The Hall–Kier alpha value is -1.47. The van der Waals surface area contributed by atoms with E-state index in [1.165, 1.54) is 6.07 Å². The van der Waals surface area contributed by atoms with Gasteiger partial charge in [0.25, 0.3) is 0 Å². The molecule has 3 nitrogen and oxygen atoms in total. The molecule has 0 radical (unpaired) electrons. The third-order valence-corrected chi connectivity index (χ3v) is 2.23. The zero-order valence-corrected chi connectivity index (χ0v) is 9.67. The number of aryl methyl sites for hydroxylation is 1. The van der Waals surface area contributed by atoms with Crippen LogP contribution in [0.25, 0.3) is 0 Å². The molecule has 0 aromatic heterocycles. The molecule has 0 saturated carbocycles. The van der Waals surface area contributed by atoms with Crippen LogP contribution in [0.4, 0.5) is 0 Å². The second kappa shape index (κ2) is 4.85. The van der Waals surface area contributed by atoms with Gasteiger partial charge < -0.3 is 9.84 Å². The van der Waals surface area contributed by atoms with Crippen molar-refractivity contribution in [1.29, 1.82) is 0 Å². The van der Waals surface area contributed by atoms with E-state index in [0.29, 0.717) is 10.2 Å². The van der Waals surface area contributed by atoms with E-state index >= 15 is 0 Å². The van der Waals surface area contributed by atoms with Crippen molar-refractivity contribution in [2.75, 3.05) is 6.61 Å². The second-order valence-electron chi connectivity index (χ2n) is 2.90. The maximum absolute atomic E-state index is 10.9. The predicted molar refractivity (Wildman–Crippen MR) is 60.2 cm³/mol. The van der Waals surface area contributed by atoms with Crippen LogP contribution in [0.1, 0.15) is 15.9 Å². The van der Waals surface area contributed by atoms with Gasteiger partial charge in [-0.05, 0) is 24.6 Å². The van der Waals surface area contributed by atoms with Gasteiger partial charge >= 0.3 is 5.97 Å². The fourth-order valence-electron chi connectivity index (χ4n) is 1.19. The van der Waals surface area contributed by atoms with Gasteiger partial charge in [0.2, 0.25) is 0 Å². The van der Waals surface area contributed by atoms with Crippen LogP contribution in [0, 0.1) is 19.3 Å². The largest absolute Gasteiger partial charge is 0.480 e. The van der Waals surface area contributed by atoms with Crippen LogP contribution in [0.3, 0.4) is 0 Å². The Morgan fingerprint density at radius 1 is 1.67 bits per heavy atom. The Morgan fingerprint density at radius 3 is 2.87 bits per heavy atom. The lowest BCUT2D eigenvalue weighted by Crippen LogP contribution is -2.05. The van der Waals surface area contributed by atoms with Crippen LogP contribution in [-0.2, 0) is 0 Å². The zero-order valence-electron chi connectivity index (χ0n) is 8.08. The van der Waals surface area contributed by atoms with Crippen LogP contribution < -0.4 is 4.74 Å². The Bertz CT molecular complexity index is 432. The highest BCUT2D eigenvalue weighted by Crippen LogP contribution is 2.27. The number of terminal acetylenes is 1. The summed E-state index contributed by atoms with van der Waals surface area (Å²) in [7, 11) is 0. The van der Waals surface area contributed by atoms with E-state index in [-0.39, 0.29) is 12.2 Å². The number of halogens is 1. The van der Waals surface area contributed by atoms with Crippen molar-refractivity contribution in [2.24, 2.45) is 0 Å². The molecule has 0 heterocycles. The quantitative estimate of drug-likeness (QED) is 0.857. The molecule has 4 heteroatoms. The number of hydrogen-bond acceptors (Lipinski definition) is 2. The molecule has 0 aliphatic rings. The summed E-state index contributed by atoms with van der Waals surface area (Å²) in [6.45, 7) is 1.83. The third-order valence-electron chi connectivity index (χ3n) is 1.77. The highest BCUT2D eigenvalue weighted by Gasteiger charge is 2.14. The van der Waals surface area contributed by atoms with E-state index in [1.54, 1.807) is 13.0 Å². The first kappa shape index (κ1) is 11.6. The van der Waals surface area contributed by atoms with E-state index < -0.39 is 5.97 Å². The molecule has 0 unspecified atom stereocenters. The Morgan fingerprint density at radius 2 is 2.33 bits per heavy atom. The number of carbonyl (C=O) groups is 1. The van der Waals surface area contributed by atoms with Crippen molar-refractivity contribution in [2.45, 2.75) is 6.92 Å². The molecule has 0 atom stereocenters. The maximum atomic E-state index is 10.9. The monoisotopic (exact) mass is 268 g/mol. The molecular weight excluding hydrogens is 260 g/mol. The summed E-state index contributed by atoms with van der Waals surface area (Å²) in [5.74, 6) is 1.58. The van der Waals surface area contributed by atoms with Crippen molar-refractivity contribution in [3.8, 4) is 18.1 Å². The fraction of sp³-hybridized carbons (Fsp3) is 0.182. The molecule has 0 spiro atoms. The summed E-state index contributed by atoms with van der Waals surface area (Å²) in [6.07, 6.45) is 5.05. The molecule has 1 aromatic carbocycles. The minimum Gasteiger partial charge on any atom is -0.480 e. The topological polar surface area (TPSA) is 46.5 Å². The average Bonchev–Trinajstić information content (AvgIpc) is 2.15. The van der Waals surface area contributed by atoms with E-state index in [0.717, 1.165) is 5.56 Å². The molecule has 78 valence electrons. The molecule has 0 fully saturated rings. The van der Waals surface area contributed by atoms with Gasteiger partial charge in [0.05, 0.1) is 0 Å². The van der Waals surface area contributed by atoms with E-state index in [4.69, 9.17) is 16.3 Å². The molecule has 1 rings (SSSR count). The summed E-state index contributed by atoms with van der Waals surface area (Å²) in [4.78, 5) is 10.9. The third kappa shape index (κ3) is 2.74. The van der Waals surface area contributed by atoms with Gasteiger partial charge in [-0.25, -0.2) is 4.79 Å². The van der Waals surface area contributed by atoms with Gasteiger partial charge in [-0.1, -0.05) is 21.9 Å². The summed E-state index contributed by atoms with van der Waals surface area (Å²) in [6, 6.07) is 3.26. The van der Waals surface area contributed by atoms with Crippen molar-refractivity contribution in [3.05, 3.63) is 27.7 Å². The van der Waals surface area contributed by atoms with Crippen LogP contribution >= 0.6 is 15.9 Å². The van der Waals surface area contributed by atoms with Crippen LogP contribution in [0.15, 0.2) is 16.6 Å². The lowest BCUT2D eigenvalue weighted by Gasteiger charge is -2.10. The van der Waals surface area contributed by atoms with Crippen molar-refractivity contribution < 1.29 is 14.6 Å².